The Morgan fingerprint density at radius 3 is 2.45 bits per heavy atom. The first-order valence-electron chi connectivity index (χ1n) is 6.88. The Kier molecular flexibility index (Phi) is 2.40. The highest BCUT2D eigenvalue weighted by atomic mass is 14.7. The summed E-state index contributed by atoms with van der Waals surface area (Å²) in [6, 6.07) is 23.8. The van der Waals surface area contributed by atoms with Crippen LogP contribution in [0.3, 0.4) is 0 Å². The smallest absolute Gasteiger partial charge is 0.0465 e. The SMILES string of the molecule is Cc1ccc2[nH]c(-c3ccc4ccccc4c3)cc2c1. The first-order valence-corrected chi connectivity index (χ1v) is 6.88. The van der Waals surface area contributed by atoms with E-state index >= 15 is 0 Å². The predicted molar refractivity (Wildman–Crippen MR) is 86.0 cm³/mol. The Balaban J connectivity index is 1.91. The second-order valence-corrected chi connectivity index (χ2v) is 5.34. The minimum Gasteiger partial charge on any atom is -0.355 e. The van der Waals surface area contributed by atoms with Gasteiger partial charge in [0.1, 0.15) is 0 Å². The number of fused-ring (bicyclic) bond motifs is 2. The van der Waals surface area contributed by atoms with E-state index in [0.717, 1.165) is 0 Å². The number of aromatic amines is 1. The number of nitrogens with one attached hydrogen (secondary N) is 1. The Labute approximate surface area is 117 Å². The van der Waals surface area contributed by atoms with Crippen molar-refractivity contribution in [3.05, 3.63) is 72.3 Å². The van der Waals surface area contributed by atoms with Gasteiger partial charge in [-0.1, -0.05) is 48.0 Å². The van der Waals surface area contributed by atoms with E-state index in [0.29, 0.717) is 0 Å². The molecule has 0 aliphatic heterocycles. The summed E-state index contributed by atoms with van der Waals surface area (Å²) in [4.78, 5) is 3.50. The van der Waals surface area contributed by atoms with Crippen molar-refractivity contribution in [3.63, 3.8) is 0 Å². The molecule has 0 aliphatic carbocycles. The van der Waals surface area contributed by atoms with Gasteiger partial charge in [-0.15, -0.1) is 0 Å². The zero-order valence-electron chi connectivity index (χ0n) is 11.4. The standard InChI is InChI=1S/C19H15N/c1-13-6-9-18-17(10-13)12-19(20-18)16-8-7-14-4-2-3-5-15(14)11-16/h2-12,20H,1H3. The van der Waals surface area contributed by atoms with Crippen LogP contribution in [0.15, 0.2) is 66.7 Å². The monoisotopic (exact) mass is 257 g/mol. The predicted octanol–water partition coefficient (Wildman–Crippen LogP) is 5.30. The largest absolute Gasteiger partial charge is 0.355 e. The van der Waals surface area contributed by atoms with Crippen LogP contribution in [0, 0.1) is 6.92 Å². The van der Waals surface area contributed by atoms with Crippen molar-refractivity contribution >= 4 is 21.7 Å². The van der Waals surface area contributed by atoms with Crippen molar-refractivity contribution in [1.82, 2.24) is 4.98 Å². The van der Waals surface area contributed by atoms with E-state index < -0.39 is 0 Å². The van der Waals surface area contributed by atoms with Crippen LogP contribution < -0.4 is 0 Å². The molecular weight excluding hydrogens is 242 g/mol. The first kappa shape index (κ1) is 11.3. The molecule has 0 amide bonds. The third kappa shape index (κ3) is 1.79. The summed E-state index contributed by atoms with van der Waals surface area (Å²) in [5.74, 6) is 0. The molecule has 0 saturated carbocycles. The summed E-state index contributed by atoms with van der Waals surface area (Å²) in [6.07, 6.45) is 0. The lowest BCUT2D eigenvalue weighted by Gasteiger charge is -2.01. The maximum absolute atomic E-state index is 3.50. The molecule has 1 nitrogen and oxygen atoms in total. The number of hydrogen-bond acceptors (Lipinski definition) is 0. The fraction of sp³-hybridized carbons (Fsp3) is 0.0526. The van der Waals surface area contributed by atoms with Gasteiger partial charge in [0.25, 0.3) is 0 Å². The molecule has 1 heterocycles. The average Bonchev–Trinajstić information content (AvgIpc) is 2.89. The topological polar surface area (TPSA) is 15.8 Å². The van der Waals surface area contributed by atoms with Crippen LogP contribution in [0.2, 0.25) is 0 Å². The van der Waals surface area contributed by atoms with Gasteiger partial charge in [0, 0.05) is 16.6 Å². The second-order valence-electron chi connectivity index (χ2n) is 5.34. The zero-order valence-corrected chi connectivity index (χ0v) is 11.4. The van der Waals surface area contributed by atoms with Crippen molar-refractivity contribution in [3.8, 4) is 11.3 Å². The minimum atomic E-state index is 1.18. The highest BCUT2D eigenvalue weighted by Gasteiger charge is 2.04. The highest BCUT2D eigenvalue weighted by molar-refractivity contribution is 5.90. The van der Waals surface area contributed by atoms with E-state index in [1.54, 1.807) is 0 Å². The van der Waals surface area contributed by atoms with Gasteiger partial charge in [-0.25, -0.2) is 0 Å². The van der Waals surface area contributed by atoms with Crippen LogP contribution in [0.25, 0.3) is 32.9 Å². The lowest BCUT2D eigenvalue weighted by molar-refractivity contribution is 1.45. The number of H-pyrrole nitrogens is 1. The number of aryl methyl sites for hydroxylation is 1. The molecule has 0 saturated heterocycles. The summed E-state index contributed by atoms with van der Waals surface area (Å²) in [7, 11) is 0. The third-order valence-electron chi connectivity index (χ3n) is 3.84. The van der Waals surface area contributed by atoms with Crippen molar-refractivity contribution in [2.24, 2.45) is 0 Å². The van der Waals surface area contributed by atoms with E-state index in [1.807, 2.05) is 0 Å². The maximum atomic E-state index is 3.50. The summed E-state index contributed by atoms with van der Waals surface area (Å²) < 4.78 is 0. The van der Waals surface area contributed by atoms with Crippen LogP contribution >= 0.6 is 0 Å². The number of benzene rings is 3. The average molecular weight is 257 g/mol. The second kappa shape index (κ2) is 4.24. The molecule has 1 N–H and O–H groups in total. The van der Waals surface area contributed by atoms with Crippen LogP contribution in [0.4, 0.5) is 0 Å². The van der Waals surface area contributed by atoms with E-state index in [9.17, 15) is 0 Å². The van der Waals surface area contributed by atoms with Crippen molar-refractivity contribution in [2.45, 2.75) is 6.92 Å². The molecule has 0 bridgehead atoms. The number of aromatic nitrogens is 1. The van der Waals surface area contributed by atoms with Gasteiger partial charge < -0.3 is 4.98 Å². The van der Waals surface area contributed by atoms with E-state index in [4.69, 9.17) is 0 Å². The van der Waals surface area contributed by atoms with Gasteiger partial charge in [-0.2, -0.15) is 0 Å². The molecule has 1 heteroatoms. The van der Waals surface area contributed by atoms with Gasteiger partial charge in [0.05, 0.1) is 0 Å². The molecule has 0 spiro atoms. The molecule has 0 radical (unpaired) electrons. The lowest BCUT2D eigenvalue weighted by Crippen LogP contribution is -1.78. The molecule has 4 rings (SSSR count). The van der Waals surface area contributed by atoms with E-state index in [1.165, 1.54) is 38.5 Å². The Morgan fingerprint density at radius 2 is 1.55 bits per heavy atom. The molecule has 0 unspecified atom stereocenters. The fourth-order valence-electron chi connectivity index (χ4n) is 2.76. The first-order chi connectivity index (χ1) is 9.79. The van der Waals surface area contributed by atoms with E-state index in [-0.39, 0.29) is 0 Å². The summed E-state index contributed by atoms with van der Waals surface area (Å²) in [5, 5.41) is 3.83. The Morgan fingerprint density at radius 1 is 0.700 bits per heavy atom. The molecule has 3 aromatic carbocycles. The van der Waals surface area contributed by atoms with E-state index in [2.05, 4.69) is 78.6 Å². The van der Waals surface area contributed by atoms with Gasteiger partial charge in [0.15, 0.2) is 0 Å². The van der Waals surface area contributed by atoms with Crippen LogP contribution in [0.1, 0.15) is 5.56 Å². The third-order valence-corrected chi connectivity index (χ3v) is 3.84. The molecule has 4 aromatic rings. The van der Waals surface area contributed by atoms with Crippen molar-refractivity contribution < 1.29 is 0 Å². The molecular formula is C19H15N. The van der Waals surface area contributed by atoms with Crippen LogP contribution in [-0.2, 0) is 0 Å². The Bertz CT molecular complexity index is 915. The fourth-order valence-corrected chi connectivity index (χ4v) is 2.76. The summed E-state index contributed by atoms with van der Waals surface area (Å²) in [5.41, 5.74) is 4.90. The zero-order chi connectivity index (χ0) is 13.5. The molecule has 96 valence electrons. The lowest BCUT2D eigenvalue weighted by atomic mass is 10.1. The normalized spacial score (nSPS) is 11.2. The van der Waals surface area contributed by atoms with Crippen molar-refractivity contribution in [2.75, 3.05) is 0 Å². The van der Waals surface area contributed by atoms with Gasteiger partial charge in [-0.3, -0.25) is 0 Å². The number of hydrogen-bond donors (Lipinski definition) is 1. The quantitative estimate of drug-likeness (QED) is 0.476. The summed E-state index contributed by atoms with van der Waals surface area (Å²) >= 11 is 0. The molecule has 1 aromatic heterocycles. The van der Waals surface area contributed by atoms with Gasteiger partial charge in [0.2, 0.25) is 0 Å². The summed E-state index contributed by atoms with van der Waals surface area (Å²) in [6.45, 7) is 2.13. The van der Waals surface area contributed by atoms with Crippen LogP contribution in [0.5, 0.6) is 0 Å². The van der Waals surface area contributed by atoms with Gasteiger partial charge >= 0.3 is 0 Å². The molecule has 0 aliphatic rings. The Hall–Kier alpha value is -2.54. The molecule has 0 fully saturated rings. The maximum Gasteiger partial charge on any atom is 0.0465 e. The molecule has 20 heavy (non-hydrogen) atoms. The minimum absolute atomic E-state index is 1.18. The van der Waals surface area contributed by atoms with Gasteiger partial charge in [-0.05, 0) is 47.5 Å². The molecule has 0 atom stereocenters. The van der Waals surface area contributed by atoms with Crippen LogP contribution in [-0.4, -0.2) is 4.98 Å². The number of rotatable bonds is 1. The highest BCUT2D eigenvalue weighted by Crippen LogP contribution is 2.27. The van der Waals surface area contributed by atoms with Crippen molar-refractivity contribution in [1.29, 1.82) is 0 Å².